The molecule has 13 heavy (non-hydrogen) atoms. The maximum Gasteiger partial charge on any atom is 0.139 e. The van der Waals surface area contributed by atoms with Gasteiger partial charge >= 0.3 is 0 Å². The number of aromatic nitrogens is 2. The largest absolute Gasteiger partial charge is 0.241 e. The van der Waals surface area contributed by atoms with Gasteiger partial charge in [-0.15, -0.1) is 0 Å². The Hall–Kier alpha value is -1.38. The molecule has 0 bridgehead atoms. The smallest absolute Gasteiger partial charge is 0.139 e. The maximum absolute atomic E-state index is 4.37. The molecule has 0 saturated heterocycles. The molecule has 2 nitrogen and oxygen atoms in total. The highest BCUT2D eigenvalue weighted by Gasteiger charge is 1.99. The second-order valence-electron chi connectivity index (χ2n) is 3.41. The first kappa shape index (κ1) is 8.23. The molecule has 0 fully saturated rings. The normalized spacial score (nSPS) is 10.6. The van der Waals surface area contributed by atoms with Gasteiger partial charge in [0.2, 0.25) is 0 Å². The number of aryl methyl sites for hydroxylation is 2. The van der Waals surface area contributed by atoms with Gasteiger partial charge in [-0.2, -0.15) is 0 Å². The van der Waals surface area contributed by atoms with Gasteiger partial charge in [0.05, 0.1) is 5.52 Å². The van der Waals surface area contributed by atoms with Gasteiger partial charge in [0.25, 0.3) is 0 Å². The Labute approximate surface area is 78.4 Å². The number of fused-ring (bicyclic) bond motifs is 1. The molecule has 0 saturated carbocycles. The molecule has 64 valence electrons. The van der Waals surface area contributed by atoms with Crippen molar-refractivity contribution in [2.24, 2.45) is 0 Å². The molecule has 1 aromatic heterocycles. The number of hydrogen-bond donors (Lipinski definition) is 0. The standard InChI is InChI=1S/C10H11BN2/c1-6-3-8-5-12-7(2)13-10(8)4-9(6)11/h3-5H,11H2,1-2H3. The quantitative estimate of drug-likeness (QED) is 0.538. The van der Waals surface area contributed by atoms with E-state index in [1.165, 1.54) is 11.0 Å². The zero-order chi connectivity index (χ0) is 9.42. The molecule has 0 atom stereocenters. The van der Waals surface area contributed by atoms with Crippen LogP contribution in [0.2, 0.25) is 0 Å². The minimum Gasteiger partial charge on any atom is -0.241 e. The van der Waals surface area contributed by atoms with E-state index in [0.29, 0.717) is 0 Å². The van der Waals surface area contributed by atoms with Gasteiger partial charge in [0.15, 0.2) is 0 Å². The van der Waals surface area contributed by atoms with E-state index in [4.69, 9.17) is 0 Å². The lowest BCUT2D eigenvalue weighted by atomic mass is 9.90. The number of benzene rings is 1. The molecular formula is C10H11BN2. The lowest BCUT2D eigenvalue weighted by Crippen LogP contribution is -2.07. The van der Waals surface area contributed by atoms with Gasteiger partial charge in [-0.05, 0) is 26.0 Å². The van der Waals surface area contributed by atoms with Gasteiger partial charge in [-0.3, -0.25) is 0 Å². The van der Waals surface area contributed by atoms with Crippen LogP contribution in [0.15, 0.2) is 18.3 Å². The third-order valence-corrected chi connectivity index (χ3v) is 2.32. The van der Waals surface area contributed by atoms with Gasteiger partial charge in [-0.25, -0.2) is 9.97 Å². The van der Waals surface area contributed by atoms with Gasteiger partial charge in [0, 0.05) is 11.6 Å². The summed E-state index contributed by atoms with van der Waals surface area (Å²) in [6, 6.07) is 4.24. The molecule has 0 amide bonds. The molecule has 3 heteroatoms. The molecule has 0 radical (unpaired) electrons. The van der Waals surface area contributed by atoms with E-state index in [-0.39, 0.29) is 0 Å². The van der Waals surface area contributed by atoms with Crippen molar-refractivity contribution < 1.29 is 0 Å². The van der Waals surface area contributed by atoms with E-state index in [1.54, 1.807) is 0 Å². The van der Waals surface area contributed by atoms with Crippen LogP contribution in [0, 0.1) is 13.8 Å². The van der Waals surface area contributed by atoms with Crippen molar-refractivity contribution in [2.45, 2.75) is 13.8 Å². The first-order chi connectivity index (χ1) is 6.16. The average Bonchev–Trinajstić information content (AvgIpc) is 2.08. The summed E-state index contributed by atoms with van der Waals surface area (Å²) in [6.45, 7) is 4.02. The van der Waals surface area contributed by atoms with Crippen molar-refractivity contribution in [3.63, 3.8) is 0 Å². The Morgan fingerprint density at radius 3 is 2.77 bits per heavy atom. The van der Waals surface area contributed by atoms with Crippen molar-refractivity contribution in [3.8, 4) is 0 Å². The van der Waals surface area contributed by atoms with E-state index < -0.39 is 0 Å². The molecule has 0 aliphatic rings. The van der Waals surface area contributed by atoms with Crippen molar-refractivity contribution >= 4 is 24.2 Å². The predicted octanol–water partition coefficient (Wildman–Crippen LogP) is 0.505. The minimum absolute atomic E-state index is 0.829. The van der Waals surface area contributed by atoms with Gasteiger partial charge in [-0.1, -0.05) is 11.0 Å². The summed E-state index contributed by atoms with van der Waals surface area (Å²) in [5.41, 5.74) is 3.61. The fourth-order valence-corrected chi connectivity index (χ4v) is 1.39. The molecule has 2 rings (SSSR count). The predicted molar refractivity (Wildman–Crippen MR) is 57.2 cm³/mol. The first-order valence-corrected chi connectivity index (χ1v) is 4.37. The Bertz CT molecular complexity index is 466. The molecule has 1 aromatic carbocycles. The molecule has 0 N–H and O–H groups in total. The minimum atomic E-state index is 0.829. The van der Waals surface area contributed by atoms with Crippen LogP contribution in [0.25, 0.3) is 10.9 Å². The molecule has 0 unspecified atom stereocenters. The number of hydrogen-bond acceptors (Lipinski definition) is 2. The van der Waals surface area contributed by atoms with E-state index in [1.807, 2.05) is 13.1 Å². The lowest BCUT2D eigenvalue weighted by Gasteiger charge is -2.03. The van der Waals surface area contributed by atoms with E-state index in [2.05, 4.69) is 36.9 Å². The molecule has 0 aliphatic heterocycles. The van der Waals surface area contributed by atoms with Crippen LogP contribution in [0.4, 0.5) is 0 Å². The third kappa shape index (κ3) is 1.42. The second kappa shape index (κ2) is 2.84. The monoisotopic (exact) mass is 170 g/mol. The van der Waals surface area contributed by atoms with Crippen LogP contribution in [0.1, 0.15) is 11.4 Å². The first-order valence-electron chi connectivity index (χ1n) is 4.37. The van der Waals surface area contributed by atoms with Crippen molar-refractivity contribution in [1.82, 2.24) is 9.97 Å². The van der Waals surface area contributed by atoms with E-state index in [9.17, 15) is 0 Å². The zero-order valence-electron chi connectivity index (χ0n) is 8.13. The maximum atomic E-state index is 4.37. The highest BCUT2D eigenvalue weighted by molar-refractivity contribution is 6.34. The highest BCUT2D eigenvalue weighted by atomic mass is 14.9. The summed E-state index contributed by atoms with van der Waals surface area (Å²) in [6.07, 6.45) is 1.88. The Morgan fingerprint density at radius 2 is 2.00 bits per heavy atom. The Morgan fingerprint density at radius 1 is 1.23 bits per heavy atom. The van der Waals surface area contributed by atoms with Crippen LogP contribution in [0.3, 0.4) is 0 Å². The van der Waals surface area contributed by atoms with Crippen molar-refractivity contribution in [2.75, 3.05) is 0 Å². The molecule has 2 aromatic rings. The topological polar surface area (TPSA) is 25.8 Å². The fourth-order valence-electron chi connectivity index (χ4n) is 1.39. The molecule has 1 heterocycles. The van der Waals surface area contributed by atoms with Crippen LogP contribution < -0.4 is 5.46 Å². The molecule has 0 spiro atoms. The Kier molecular flexibility index (Phi) is 1.80. The number of nitrogens with zero attached hydrogens (tertiary/aromatic N) is 2. The van der Waals surface area contributed by atoms with Crippen molar-refractivity contribution in [1.29, 1.82) is 0 Å². The zero-order valence-corrected chi connectivity index (χ0v) is 8.13. The fraction of sp³-hybridized carbons (Fsp3) is 0.200. The third-order valence-electron chi connectivity index (χ3n) is 2.32. The summed E-state index contributed by atoms with van der Waals surface area (Å²) in [7, 11) is 2.10. The SMILES string of the molecule is Bc1cc2nc(C)ncc2cc1C. The van der Waals surface area contributed by atoms with E-state index in [0.717, 1.165) is 16.7 Å². The van der Waals surface area contributed by atoms with Crippen LogP contribution in [-0.2, 0) is 0 Å². The molecule has 0 aliphatic carbocycles. The second-order valence-corrected chi connectivity index (χ2v) is 3.41. The lowest BCUT2D eigenvalue weighted by molar-refractivity contribution is 1.09. The van der Waals surface area contributed by atoms with Crippen LogP contribution in [-0.4, -0.2) is 17.8 Å². The van der Waals surface area contributed by atoms with Gasteiger partial charge in [0.1, 0.15) is 13.7 Å². The van der Waals surface area contributed by atoms with Crippen LogP contribution in [0.5, 0.6) is 0 Å². The van der Waals surface area contributed by atoms with Gasteiger partial charge < -0.3 is 0 Å². The van der Waals surface area contributed by atoms with E-state index >= 15 is 0 Å². The summed E-state index contributed by atoms with van der Waals surface area (Å²) < 4.78 is 0. The average molecular weight is 170 g/mol. The van der Waals surface area contributed by atoms with Crippen molar-refractivity contribution in [3.05, 3.63) is 29.7 Å². The highest BCUT2D eigenvalue weighted by Crippen LogP contribution is 2.10. The Balaban J connectivity index is 2.81. The summed E-state index contributed by atoms with van der Waals surface area (Å²) in [5.74, 6) is 0.829. The summed E-state index contributed by atoms with van der Waals surface area (Å²) in [4.78, 5) is 8.53. The number of rotatable bonds is 0. The summed E-state index contributed by atoms with van der Waals surface area (Å²) >= 11 is 0. The summed E-state index contributed by atoms with van der Waals surface area (Å²) in [5, 5.41) is 1.12. The molecular weight excluding hydrogens is 159 g/mol. The van der Waals surface area contributed by atoms with Crippen LogP contribution >= 0.6 is 0 Å².